The summed E-state index contributed by atoms with van der Waals surface area (Å²) in [5.74, 6) is -3.04. The van der Waals surface area contributed by atoms with Crippen molar-refractivity contribution in [1.29, 1.82) is 0 Å². The van der Waals surface area contributed by atoms with E-state index in [0.29, 0.717) is 12.5 Å². The minimum atomic E-state index is -1.19. The highest BCUT2D eigenvalue weighted by molar-refractivity contribution is 5.23. The lowest BCUT2D eigenvalue weighted by atomic mass is 10.0. The summed E-state index contributed by atoms with van der Waals surface area (Å²) in [5, 5.41) is 0. The second kappa shape index (κ2) is 4.46. The summed E-state index contributed by atoms with van der Waals surface area (Å²) in [6.07, 6.45) is 1.23. The highest BCUT2D eigenvalue weighted by Crippen LogP contribution is 2.22. The van der Waals surface area contributed by atoms with E-state index in [-0.39, 0.29) is 5.56 Å². The van der Waals surface area contributed by atoms with Crippen LogP contribution >= 0.6 is 0 Å². The summed E-state index contributed by atoms with van der Waals surface area (Å²) < 4.78 is 38.7. The van der Waals surface area contributed by atoms with Gasteiger partial charge < -0.3 is 5.73 Å². The van der Waals surface area contributed by atoms with Crippen molar-refractivity contribution in [3.63, 3.8) is 0 Å². The van der Waals surface area contributed by atoms with Crippen LogP contribution in [-0.4, -0.2) is 0 Å². The Morgan fingerprint density at radius 1 is 1.29 bits per heavy atom. The standard InChI is InChI=1S/C10H12F3N/c1-2-3-9(14)7-4-6(11)5-8(12)10(7)13/h4-5,9H,2-3,14H2,1H3/t9-/m0/s1. The van der Waals surface area contributed by atoms with Crippen LogP contribution < -0.4 is 5.73 Å². The molecule has 0 aliphatic rings. The molecule has 1 atom stereocenters. The number of rotatable bonds is 3. The molecule has 14 heavy (non-hydrogen) atoms. The quantitative estimate of drug-likeness (QED) is 0.751. The van der Waals surface area contributed by atoms with Crippen LogP contribution in [0.25, 0.3) is 0 Å². The Balaban J connectivity index is 3.07. The molecule has 78 valence electrons. The first-order valence-corrected chi connectivity index (χ1v) is 4.46. The SMILES string of the molecule is CCC[C@H](N)c1cc(F)cc(F)c1F. The van der Waals surface area contributed by atoms with Gasteiger partial charge in [0.1, 0.15) is 5.82 Å². The van der Waals surface area contributed by atoms with E-state index in [1.807, 2.05) is 6.92 Å². The van der Waals surface area contributed by atoms with E-state index in [2.05, 4.69) is 0 Å². The number of halogens is 3. The normalized spacial score (nSPS) is 12.9. The van der Waals surface area contributed by atoms with Gasteiger partial charge in [0.05, 0.1) is 0 Å². The van der Waals surface area contributed by atoms with Crippen molar-refractivity contribution in [3.05, 3.63) is 35.1 Å². The second-order valence-corrected chi connectivity index (χ2v) is 3.19. The zero-order valence-electron chi connectivity index (χ0n) is 7.86. The predicted octanol–water partition coefficient (Wildman–Crippen LogP) is 2.90. The molecule has 0 saturated carbocycles. The van der Waals surface area contributed by atoms with E-state index < -0.39 is 23.5 Å². The summed E-state index contributed by atoms with van der Waals surface area (Å²) >= 11 is 0. The fourth-order valence-corrected chi connectivity index (χ4v) is 1.31. The molecule has 1 nitrogen and oxygen atoms in total. The van der Waals surface area contributed by atoms with Gasteiger partial charge in [0.2, 0.25) is 0 Å². The minimum absolute atomic E-state index is 0.0932. The summed E-state index contributed by atoms with van der Waals surface area (Å²) in [6, 6.07) is 0.807. The average Bonchev–Trinajstić information content (AvgIpc) is 2.11. The topological polar surface area (TPSA) is 26.0 Å². The average molecular weight is 203 g/mol. The molecule has 0 unspecified atom stereocenters. The van der Waals surface area contributed by atoms with Gasteiger partial charge >= 0.3 is 0 Å². The zero-order valence-corrected chi connectivity index (χ0v) is 7.86. The molecule has 1 aromatic carbocycles. The van der Waals surface area contributed by atoms with Crippen molar-refractivity contribution >= 4 is 0 Å². The van der Waals surface area contributed by atoms with Crippen molar-refractivity contribution in [2.75, 3.05) is 0 Å². The van der Waals surface area contributed by atoms with Gasteiger partial charge in [-0.2, -0.15) is 0 Å². The van der Waals surface area contributed by atoms with Crippen LogP contribution in [0.3, 0.4) is 0 Å². The van der Waals surface area contributed by atoms with Crippen molar-refractivity contribution in [3.8, 4) is 0 Å². The van der Waals surface area contributed by atoms with Crippen LogP contribution in [0.1, 0.15) is 31.4 Å². The highest BCUT2D eigenvalue weighted by Gasteiger charge is 2.16. The fourth-order valence-electron chi connectivity index (χ4n) is 1.31. The number of hydrogen-bond donors (Lipinski definition) is 1. The summed E-state index contributed by atoms with van der Waals surface area (Å²) in [5.41, 5.74) is 5.48. The van der Waals surface area contributed by atoms with Gasteiger partial charge in [-0.3, -0.25) is 0 Å². The zero-order chi connectivity index (χ0) is 10.7. The van der Waals surface area contributed by atoms with Crippen molar-refractivity contribution in [2.24, 2.45) is 5.73 Å². The van der Waals surface area contributed by atoms with Gasteiger partial charge in [-0.1, -0.05) is 13.3 Å². The van der Waals surface area contributed by atoms with E-state index in [4.69, 9.17) is 5.73 Å². The van der Waals surface area contributed by atoms with Gasteiger partial charge in [-0.05, 0) is 12.5 Å². The third-order valence-corrected chi connectivity index (χ3v) is 2.02. The third-order valence-electron chi connectivity index (χ3n) is 2.02. The van der Waals surface area contributed by atoms with E-state index in [1.54, 1.807) is 0 Å². The Morgan fingerprint density at radius 2 is 1.93 bits per heavy atom. The maximum atomic E-state index is 13.1. The molecule has 0 aliphatic carbocycles. The van der Waals surface area contributed by atoms with Gasteiger partial charge in [-0.15, -0.1) is 0 Å². The monoisotopic (exact) mass is 203 g/mol. The predicted molar refractivity (Wildman–Crippen MR) is 48.2 cm³/mol. The van der Waals surface area contributed by atoms with Crippen LogP contribution in [0.4, 0.5) is 13.2 Å². The highest BCUT2D eigenvalue weighted by atomic mass is 19.2. The first-order chi connectivity index (χ1) is 6.56. The molecule has 1 rings (SSSR count). The maximum absolute atomic E-state index is 13.1. The van der Waals surface area contributed by atoms with E-state index in [1.165, 1.54) is 0 Å². The smallest absolute Gasteiger partial charge is 0.163 e. The number of benzene rings is 1. The first-order valence-electron chi connectivity index (χ1n) is 4.46. The molecule has 0 aromatic heterocycles. The molecule has 0 spiro atoms. The number of nitrogens with two attached hydrogens (primary N) is 1. The molecule has 0 fully saturated rings. The Hall–Kier alpha value is -1.03. The summed E-state index contributed by atoms with van der Waals surface area (Å²) in [7, 11) is 0. The van der Waals surface area contributed by atoms with Crippen LogP contribution in [0.5, 0.6) is 0 Å². The Kier molecular flexibility index (Phi) is 3.52. The first kappa shape index (κ1) is 11.0. The molecule has 0 amide bonds. The Morgan fingerprint density at radius 3 is 2.50 bits per heavy atom. The second-order valence-electron chi connectivity index (χ2n) is 3.19. The molecule has 0 saturated heterocycles. The van der Waals surface area contributed by atoms with Crippen molar-refractivity contribution in [1.82, 2.24) is 0 Å². The minimum Gasteiger partial charge on any atom is -0.324 e. The molecular weight excluding hydrogens is 191 g/mol. The lowest BCUT2D eigenvalue weighted by molar-refractivity contribution is 0.469. The van der Waals surface area contributed by atoms with Gasteiger partial charge in [-0.25, -0.2) is 13.2 Å². The summed E-state index contributed by atoms with van der Waals surface area (Å²) in [6.45, 7) is 1.87. The van der Waals surface area contributed by atoms with Crippen LogP contribution in [-0.2, 0) is 0 Å². The molecule has 2 N–H and O–H groups in total. The fraction of sp³-hybridized carbons (Fsp3) is 0.400. The van der Waals surface area contributed by atoms with Crippen LogP contribution in [0.2, 0.25) is 0 Å². The lowest BCUT2D eigenvalue weighted by Crippen LogP contribution is -2.13. The van der Waals surface area contributed by atoms with Gasteiger partial charge in [0.25, 0.3) is 0 Å². The van der Waals surface area contributed by atoms with E-state index >= 15 is 0 Å². The van der Waals surface area contributed by atoms with E-state index in [0.717, 1.165) is 12.5 Å². The third kappa shape index (κ3) is 2.26. The Bertz CT molecular complexity index is 325. The van der Waals surface area contributed by atoms with Crippen molar-refractivity contribution < 1.29 is 13.2 Å². The molecule has 0 heterocycles. The Labute approximate surface area is 80.7 Å². The van der Waals surface area contributed by atoms with Crippen LogP contribution in [0, 0.1) is 17.5 Å². The molecule has 0 radical (unpaired) electrons. The van der Waals surface area contributed by atoms with Crippen LogP contribution in [0.15, 0.2) is 12.1 Å². The number of hydrogen-bond acceptors (Lipinski definition) is 1. The van der Waals surface area contributed by atoms with Crippen molar-refractivity contribution in [2.45, 2.75) is 25.8 Å². The van der Waals surface area contributed by atoms with E-state index in [9.17, 15) is 13.2 Å². The molecule has 0 aliphatic heterocycles. The molecule has 0 bridgehead atoms. The van der Waals surface area contributed by atoms with Gasteiger partial charge in [0.15, 0.2) is 11.6 Å². The summed E-state index contributed by atoms with van der Waals surface area (Å²) in [4.78, 5) is 0. The lowest BCUT2D eigenvalue weighted by Gasteiger charge is -2.12. The van der Waals surface area contributed by atoms with Gasteiger partial charge in [0, 0.05) is 17.7 Å². The molecule has 4 heteroatoms. The maximum Gasteiger partial charge on any atom is 0.163 e. The molecular formula is C10H12F3N. The molecule has 1 aromatic rings. The largest absolute Gasteiger partial charge is 0.324 e.